The summed E-state index contributed by atoms with van der Waals surface area (Å²) < 4.78 is 5.45. The van der Waals surface area contributed by atoms with Gasteiger partial charge in [0.05, 0.1) is 6.61 Å². The smallest absolute Gasteiger partial charge is 0.328 e. The van der Waals surface area contributed by atoms with E-state index in [9.17, 15) is 15.0 Å². The molecule has 2 aliphatic rings. The summed E-state index contributed by atoms with van der Waals surface area (Å²) in [5.74, 6) is -0.900. The Morgan fingerprint density at radius 3 is 3.00 bits per heavy atom. The van der Waals surface area contributed by atoms with Crippen molar-refractivity contribution in [3.63, 3.8) is 0 Å². The van der Waals surface area contributed by atoms with Crippen LogP contribution in [0.4, 0.5) is 5.69 Å². The lowest BCUT2D eigenvalue weighted by atomic mass is 9.81. The number of nitrogens with zero attached hydrogens (tertiary/aromatic N) is 1. The van der Waals surface area contributed by atoms with Gasteiger partial charge in [-0.3, -0.25) is 0 Å². The number of ether oxygens (including phenoxy) is 1. The summed E-state index contributed by atoms with van der Waals surface area (Å²) >= 11 is 0. The minimum Gasteiger partial charge on any atom is -0.504 e. The molecule has 3 rings (SSSR count). The highest BCUT2D eigenvalue weighted by molar-refractivity contribution is 5.85. The number of phenolic OH excluding ortho intramolecular Hbond substituents is 1. The molecule has 19 heavy (non-hydrogen) atoms. The second-order valence-electron chi connectivity index (χ2n) is 5.14. The van der Waals surface area contributed by atoms with E-state index < -0.39 is 11.5 Å². The number of benzene rings is 1. The SMILES string of the molecule is CN1CCc2c1cc(O)c1c2C(N)(C(=O)O)CCO1. The molecule has 0 aliphatic carbocycles. The lowest BCUT2D eigenvalue weighted by Crippen LogP contribution is -2.49. The van der Waals surface area contributed by atoms with Gasteiger partial charge in [-0.1, -0.05) is 0 Å². The average molecular weight is 264 g/mol. The van der Waals surface area contributed by atoms with Crippen LogP contribution in [0.3, 0.4) is 0 Å². The molecule has 1 aromatic rings. The van der Waals surface area contributed by atoms with Crippen LogP contribution in [0.5, 0.6) is 11.5 Å². The Bertz CT molecular complexity index is 572. The lowest BCUT2D eigenvalue weighted by Gasteiger charge is -2.34. The van der Waals surface area contributed by atoms with Crippen LogP contribution in [0.2, 0.25) is 0 Å². The maximum Gasteiger partial charge on any atom is 0.328 e. The number of carboxylic acid groups (broad SMARTS) is 1. The predicted molar refractivity (Wildman–Crippen MR) is 68.7 cm³/mol. The van der Waals surface area contributed by atoms with Gasteiger partial charge in [0.2, 0.25) is 0 Å². The number of anilines is 1. The molecule has 4 N–H and O–H groups in total. The molecule has 102 valence electrons. The molecular weight excluding hydrogens is 248 g/mol. The van der Waals surface area contributed by atoms with Crippen molar-refractivity contribution < 1.29 is 19.7 Å². The van der Waals surface area contributed by atoms with Crippen LogP contribution in [-0.2, 0) is 16.8 Å². The molecule has 1 aromatic carbocycles. The Morgan fingerprint density at radius 2 is 2.32 bits per heavy atom. The minimum absolute atomic E-state index is 0.0433. The predicted octanol–water partition coefficient (Wildman–Crippen LogP) is 0.406. The maximum atomic E-state index is 11.6. The highest BCUT2D eigenvalue weighted by Crippen LogP contribution is 2.48. The molecule has 0 saturated heterocycles. The molecule has 6 nitrogen and oxygen atoms in total. The number of aliphatic carboxylic acids is 1. The highest BCUT2D eigenvalue weighted by Gasteiger charge is 2.45. The first kappa shape index (κ1) is 12.1. The summed E-state index contributed by atoms with van der Waals surface area (Å²) in [5, 5.41) is 19.5. The molecule has 0 bridgehead atoms. The lowest BCUT2D eigenvalue weighted by molar-refractivity contribution is -0.145. The van der Waals surface area contributed by atoms with Gasteiger partial charge in [-0.05, 0) is 12.0 Å². The molecular formula is C13H16N2O4. The van der Waals surface area contributed by atoms with Gasteiger partial charge in [-0.15, -0.1) is 0 Å². The summed E-state index contributed by atoms with van der Waals surface area (Å²) in [5.41, 5.74) is 6.75. The number of hydrogen-bond donors (Lipinski definition) is 3. The second-order valence-corrected chi connectivity index (χ2v) is 5.14. The number of carboxylic acids is 1. The van der Waals surface area contributed by atoms with E-state index in [-0.39, 0.29) is 24.5 Å². The zero-order chi connectivity index (χ0) is 13.8. The molecule has 1 atom stereocenters. The van der Waals surface area contributed by atoms with Gasteiger partial charge in [0.1, 0.15) is 5.54 Å². The van der Waals surface area contributed by atoms with E-state index in [1.165, 1.54) is 0 Å². The standard InChI is InChI=1S/C13H16N2O4/c1-15-4-2-7-8(15)6-9(16)11-10(7)13(14,12(17)18)3-5-19-11/h6,16H,2-5,14H2,1H3,(H,17,18). The number of fused-ring (bicyclic) bond motifs is 3. The van der Waals surface area contributed by atoms with E-state index in [0.29, 0.717) is 12.0 Å². The molecule has 0 saturated carbocycles. The summed E-state index contributed by atoms with van der Waals surface area (Å²) in [7, 11) is 1.90. The van der Waals surface area contributed by atoms with E-state index in [4.69, 9.17) is 10.5 Å². The van der Waals surface area contributed by atoms with Gasteiger partial charge in [0.25, 0.3) is 0 Å². The van der Waals surface area contributed by atoms with Crippen molar-refractivity contribution in [3.8, 4) is 11.5 Å². The first-order valence-electron chi connectivity index (χ1n) is 6.20. The summed E-state index contributed by atoms with van der Waals surface area (Å²) in [6.45, 7) is 0.971. The van der Waals surface area contributed by atoms with E-state index >= 15 is 0 Å². The summed E-state index contributed by atoms with van der Waals surface area (Å²) in [6.07, 6.45) is 0.916. The number of nitrogens with two attached hydrogens (primary N) is 1. The fourth-order valence-electron chi connectivity index (χ4n) is 2.94. The van der Waals surface area contributed by atoms with Crippen LogP contribution in [-0.4, -0.2) is 36.4 Å². The Kier molecular flexibility index (Phi) is 2.40. The third kappa shape index (κ3) is 1.49. The summed E-state index contributed by atoms with van der Waals surface area (Å²) in [4.78, 5) is 13.5. The molecule has 1 unspecified atom stereocenters. The van der Waals surface area contributed by atoms with Crippen LogP contribution in [0.15, 0.2) is 6.07 Å². The van der Waals surface area contributed by atoms with Gasteiger partial charge in [-0.2, -0.15) is 0 Å². The quantitative estimate of drug-likeness (QED) is 0.679. The maximum absolute atomic E-state index is 11.6. The van der Waals surface area contributed by atoms with Crippen LogP contribution in [0.25, 0.3) is 0 Å². The van der Waals surface area contributed by atoms with E-state index in [2.05, 4.69) is 0 Å². The zero-order valence-electron chi connectivity index (χ0n) is 10.6. The molecule has 0 amide bonds. The zero-order valence-corrected chi connectivity index (χ0v) is 10.6. The van der Waals surface area contributed by atoms with E-state index in [1.54, 1.807) is 6.07 Å². The monoisotopic (exact) mass is 264 g/mol. The van der Waals surface area contributed by atoms with Gasteiger partial charge in [-0.25, -0.2) is 4.79 Å². The molecule has 0 aromatic heterocycles. The first-order valence-corrected chi connectivity index (χ1v) is 6.20. The van der Waals surface area contributed by atoms with Crippen LogP contribution < -0.4 is 15.4 Å². The van der Waals surface area contributed by atoms with Gasteiger partial charge in [0, 0.05) is 37.3 Å². The average Bonchev–Trinajstić information content (AvgIpc) is 2.71. The van der Waals surface area contributed by atoms with Gasteiger partial charge >= 0.3 is 5.97 Å². The Morgan fingerprint density at radius 1 is 1.58 bits per heavy atom. The Labute approximate surface area is 110 Å². The number of likely N-dealkylation sites (N-methyl/N-ethyl adjacent to an activating group) is 1. The molecule has 2 heterocycles. The van der Waals surface area contributed by atoms with Crippen molar-refractivity contribution in [1.29, 1.82) is 0 Å². The number of aromatic hydroxyl groups is 1. The fraction of sp³-hybridized carbons (Fsp3) is 0.462. The second kappa shape index (κ2) is 3.77. The van der Waals surface area contributed by atoms with Crippen molar-refractivity contribution >= 4 is 11.7 Å². The molecule has 6 heteroatoms. The number of carbonyl (C=O) groups is 1. The number of phenols is 1. The van der Waals surface area contributed by atoms with Crippen molar-refractivity contribution in [2.45, 2.75) is 18.4 Å². The highest BCUT2D eigenvalue weighted by atomic mass is 16.5. The van der Waals surface area contributed by atoms with Crippen LogP contribution in [0, 0.1) is 0 Å². The molecule has 0 spiro atoms. The van der Waals surface area contributed by atoms with Crippen LogP contribution in [0.1, 0.15) is 17.5 Å². The topological polar surface area (TPSA) is 96.0 Å². The Hall–Kier alpha value is -1.95. The van der Waals surface area contributed by atoms with E-state index in [1.807, 2.05) is 11.9 Å². The fourth-order valence-corrected chi connectivity index (χ4v) is 2.94. The number of hydrogen-bond acceptors (Lipinski definition) is 5. The number of rotatable bonds is 1. The molecule has 0 fully saturated rings. The summed E-state index contributed by atoms with van der Waals surface area (Å²) in [6, 6.07) is 1.62. The van der Waals surface area contributed by atoms with Crippen molar-refractivity contribution in [1.82, 2.24) is 0 Å². The molecule has 0 radical (unpaired) electrons. The van der Waals surface area contributed by atoms with E-state index in [0.717, 1.165) is 17.8 Å². The third-order valence-electron chi connectivity index (χ3n) is 4.02. The van der Waals surface area contributed by atoms with Gasteiger partial charge in [0.15, 0.2) is 11.5 Å². The van der Waals surface area contributed by atoms with Crippen molar-refractivity contribution in [2.24, 2.45) is 5.73 Å². The third-order valence-corrected chi connectivity index (χ3v) is 4.02. The first-order chi connectivity index (χ1) is 8.95. The van der Waals surface area contributed by atoms with Gasteiger partial charge < -0.3 is 25.6 Å². The minimum atomic E-state index is -1.48. The van der Waals surface area contributed by atoms with Crippen molar-refractivity contribution in [3.05, 3.63) is 17.2 Å². The normalized spacial score (nSPS) is 24.6. The van der Waals surface area contributed by atoms with Crippen molar-refractivity contribution in [2.75, 3.05) is 25.1 Å². The largest absolute Gasteiger partial charge is 0.504 e. The van der Waals surface area contributed by atoms with Crippen LogP contribution >= 0.6 is 0 Å². The molecule has 2 aliphatic heterocycles. The Balaban J connectivity index is 2.31.